The third-order valence-electron chi connectivity index (χ3n) is 3.71. The van der Waals surface area contributed by atoms with Crippen LogP contribution in [0, 0.1) is 6.92 Å². The van der Waals surface area contributed by atoms with Crippen LogP contribution >= 0.6 is 0 Å². The Bertz CT molecular complexity index is 381. The van der Waals surface area contributed by atoms with Crippen LogP contribution in [0.2, 0.25) is 0 Å². The Balaban J connectivity index is 1.82. The fourth-order valence-electron chi connectivity index (χ4n) is 2.62. The van der Waals surface area contributed by atoms with Gasteiger partial charge >= 0.3 is 0 Å². The van der Waals surface area contributed by atoms with Gasteiger partial charge in [0.25, 0.3) is 0 Å². The lowest BCUT2D eigenvalue weighted by Crippen LogP contribution is -2.39. The van der Waals surface area contributed by atoms with Gasteiger partial charge in [0.15, 0.2) is 0 Å². The molecular weight excluding hydrogens is 224 g/mol. The van der Waals surface area contributed by atoms with E-state index in [0.717, 1.165) is 38.9 Å². The number of rotatable bonds is 4. The summed E-state index contributed by atoms with van der Waals surface area (Å²) >= 11 is 0. The monoisotopic (exact) mass is 248 g/mol. The number of piperidine rings is 1. The Kier molecular flexibility index (Phi) is 4.75. The third-order valence-corrected chi connectivity index (χ3v) is 3.71. The molecule has 0 spiro atoms. The molecule has 1 aliphatic rings. The van der Waals surface area contributed by atoms with Gasteiger partial charge in [-0.15, -0.1) is 0 Å². The molecule has 2 rings (SSSR count). The third kappa shape index (κ3) is 3.80. The first-order valence-electron chi connectivity index (χ1n) is 6.88. The number of nitrogens with two attached hydrogens (primary N) is 1. The van der Waals surface area contributed by atoms with E-state index in [2.05, 4.69) is 36.1 Å². The summed E-state index contributed by atoms with van der Waals surface area (Å²) in [6.45, 7) is 4.97. The summed E-state index contributed by atoms with van der Waals surface area (Å²) in [4.78, 5) is 2.32. The highest BCUT2D eigenvalue weighted by Gasteiger charge is 2.18. The van der Waals surface area contributed by atoms with E-state index < -0.39 is 0 Å². The summed E-state index contributed by atoms with van der Waals surface area (Å²) in [5, 5.41) is 9.63. The van der Waals surface area contributed by atoms with Gasteiger partial charge in [-0.2, -0.15) is 0 Å². The van der Waals surface area contributed by atoms with Crippen LogP contribution in [0.1, 0.15) is 36.4 Å². The molecule has 0 aliphatic carbocycles. The van der Waals surface area contributed by atoms with Crippen LogP contribution in [0.5, 0.6) is 0 Å². The summed E-state index contributed by atoms with van der Waals surface area (Å²) in [5.41, 5.74) is 8.70. The summed E-state index contributed by atoms with van der Waals surface area (Å²) in [7, 11) is 0. The van der Waals surface area contributed by atoms with Crippen LogP contribution in [-0.2, 0) is 0 Å². The summed E-state index contributed by atoms with van der Waals surface area (Å²) < 4.78 is 0. The highest BCUT2D eigenvalue weighted by Crippen LogP contribution is 2.17. The van der Waals surface area contributed by atoms with Crippen molar-refractivity contribution in [3.8, 4) is 0 Å². The summed E-state index contributed by atoms with van der Waals surface area (Å²) in [5.74, 6) is 0. The summed E-state index contributed by atoms with van der Waals surface area (Å²) in [6.07, 6.45) is 2.85. The first-order chi connectivity index (χ1) is 8.65. The first-order valence-corrected chi connectivity index (χ1v) is 6.88. The molecule has 1 fully saturated rings. The van der Waals surface area contributed by atoms with Gasteiger partial charge in [0.1, 0.15) is 0 Å². The molecule has 0 saturated carbocycles. The number of aliphatic hydroxyl groups is 1. The Morgan fingerprint density at radius 3 is 3.06 bits per heavy atom. The van der Waals surface area contributed by atoms with Crippen LogP contribution in [0.15, 0.2) is 24.3 Å². The minimum absolute atomic E-state index is 0.101. The summed E-state index contributed by atoms with van der Waals surface area (Å²) in [6, 6.07) is 8.52. The molecule has 18 heavy (non-hydrogen) atoms. The topological polar surface area (TPSA) is 49.5 Å². The van der Waals surface area contributed by atoms with E-state index in [1.807, 2.05) is 0 Å². The Morgan fingerprint density at radius 1 is 1.50 bits per heavy atom. The van der Waals surface area contributed by atoms with E-state index in [9.17, 15) is 5.11 Å². The first kappa shape index (κ1) is 13.5. The minimum Gasteiger partial charge on any atom is -0.392 e. The molecule has 2 atom stereocenters. The van der Waals surface area contributed by atoms with Crippen LogP contribution < -0.4 is 5.73 Å². The second kappa shape index (κ2) is 6.32. The largest absolute Gasteiger partial charge is 0.392 e. The number of β-amino-alcohol motifs (C(OH)–C–C–N with tert-alkyl or cyclic N) is 1. The molecule has 3 nitrogen and oxygen atoms in total. The number of aliphatic hydroxyl groups excluding tert-OH is 1. The van der Waals surface area contributed by atoms with Crippen molar-refractivity contribution in [2.24, 2.45) is 5.73 Å². The lowest BCUT2D eigenvalue weighted by Gasteiger charge is -2.30. The lowest BCUT2D eigenvalue weighted by atomic mass is 10.0. The van der Waals surface area contributed by atoms with Crippen LogP contribution in [-0.4, -0.2) is 35.7 Å². The predicted molar refractivity (Wildman–Crippen MR) is 74.4 cm³/mol. The molecule has 1 saturated heterocycles. The van der Waals surface area contributed by atoms with Gasteiger partial charge in [0.05, 0.1) is 6.10 Å². The van der Waals surface area contributed by atoms with Crippen molar-refractivity contribution in [2.75, 3.05) is 19.6 Å². The zero-order valence-corrected chi connectivity index (χ0v) is 11.2. The Morgan fingerprint density at radius 2 is 2.33 bits per heavy atom. The maximum absolute atomic E-state index is 9.63. The highest BCUT2D eigenvalue weighted by atomic mass is 16.3. The van der Waals surface area contributed by atoms with Crippen molar-refractivity contribution in [3.63, 3.8) is 0 Å². The zero-order chi connectivity index (χ0) is 13.0. The molecular formula is C15H24N2O. The second-order valence-electron chi connectivity index (χ2n) is 5.41. The quantitative estimate of drug-likeness (QED) is 0.855. The number of nitrogens with zero attached hydrogens (tertiary/aromatic N) is 1. The molecule has 1 aliphatic heterocycles. The zero-order valence-electron chi connectivity index (χ0n) is 11.2. The van der Waals surface area contributed by atoms with E-state index in [1.165, 1.54) is 11.1 Å². The van der Waals surface area contributed by atoms with Gasteiger partial charge in [-0.3, -0.25) is 0 Å². The number of hydrogen-bond acceptors (Lipinski definition) is 3. The van der Waals surface area contributed by atoms with Crippen molar-refractivity contribution in [1.29, 1.82) is 0 Å². The van der Waals surface area contributed by atoms with Crippen molar-refractivity contribution < 1.29 is 5.11 Å². The smallest absolute Gasteiger partial charge is 0.0667 e. The maximum atomic E-state index is 9.63. The van der Waals surface area contributed by atoms with Crippen molar-refractivity contribution in [3.05, 3.63) is 35.4 Å². The van der Waals surface area contributed by atoms with Gasteiger partial charge in [-0.1, -0.05) is 29.8 Å². The van der Waals surface area contributed by atoms with E-state index in [4.69, 9.17) is 5.73 Å². The Labute approximate surface area is 110 Å². The van der Waals surface area contributed by atoms with E-state index >= 15 is 0 Å². The fourth-order valence-corrected chi connectivity index (χ4v) is 2.62. The molecule has 2 unspecified atom stereocenters. The maximum Gasteiger partial charge on any atom is 0.0667 e. The van der Waals surface area contributed by atoms with E-state index in [-0.39, 0.29) is 12.1 Å². The molecule has 0 amide bonds. The molecule has 1 aromatic rings. The van der Waals surface area contributed by atoms with Gasteiger partial charge in [0, 0.05) is 19.1 Å². The van der Waals surface area contributed by atoms with Gasteiger partial charge in [-0.25, -0.2) is 0 Å². The minimum atomic E-state index is -0.144. The molecule has 0 aromatic heterocycles. The van der Waals surface area contributed by atoms with Crippen molar-refractivity contribution >= 4 is 0 Å². The lowest BCUT2D eigenvalue weighted by molar-refractivity contribution is 0.0692. The molecule has 0 bridgehead atoms. The van der Waals surface area contributed by atoms with E-state index in [1.54, 1.807) is 0 Å². The molecule has 3 N–H and O–H groups in total. The molecule has 3 heteroatoms. The molecule has 1 aromatic carbocycles. The Hall–Kier alpha value is -0.900. The average molecular weight is 248 g/mol. The van der Waals surface area contributed by atoms with Crippen LogP contribution in [0.25, 0.3) is 0 Å². The number of aryl methyl sites for hydroxylation is 1. The predicted octanol–water partition coefficient (Wildman–Crippen LogP) is 1.84. The highest BCUT2D eigenvalue weighted by molar-refractivity contribution is 5.24. The average Bonchev–Trinajstić information content (AvgIpc) is 2.36. The number of likely N-dealkylation sites (tertiary alicyclic amines) is 1. The fraction of sp³-hybridized carbons (Fsp3) is 0.600. The van der Waals surface area contributed by atoms with Crippen LogP contribution in [0.3, 0.4) is 0 Å². The molecule has 100 valence electrons. The van der Waals surface area contributed by atoms with Crippen molar-refractivity contribution in [2.45, 2.75) is 38.3 Å². The number of hydrogen-bond donors (Lipinski definition) is 2. The van der Waals surface area contributed by atoms with Gasteiger partial charge in [-0.05, 0) is 38.3 Å². The normalized spacial score (nSPS) is 22.9. The van der Waals surface area contributed by atoms with Gasteiger partial charge < -0.3 is 15.7 Å². The van der Waals surface area contributed by atoms with E-state index in [0.29, 0.717) is 0 Å². The SMILES string of the molecule is Cc1cccc(C(N)CCN2CCCC(O)C2)c1. The second-order valence-corrected chi connectivity index (χ2v) is 5.41. The number of benzene rings is 1. The van der Waals surface area contributed by atoms with Crippen LogP contribution in [0.4, 0.5) is 0 Å². The standard InChI is InChI=1S/C15H24N2O/c1-12-4-2-5-13(10-12)15(16)7-9-17-8-3-6-14(18)11-17/h2,4-5,10,14-15,18H,3,6-9,11,16H2,1H3. The molecule has 0 radical (unpaired) electrons. The molecule has 1 heterocycles. The van der Waals surface area contributed by atoms with Crippen molar-refractivity contribution in [1.82, 2.24) is 4.90 Å². The van der Waals surface area contributed by atoms with Gasteiger partial charge in [0.2, 0.25) is 0 Å².